The van der Waals surface area contributed by atoms with E-state index in [1.54, 1.807) is 6.92 Å². The van der Waals surface area contributed by atoms with Crippen molar-refractivity contribution >= 4 is 23.2 Å². The van der Waals surface area contributed by atoms with Gasteiger partial charge >= 0.3 is 5.97 Å². The molecular weight excluding hydrogens is 270 g/mol. The van der Waals surface area contributed by atoms with E-state index in [1.165, 1.54) is 16.7 Å². The molecule has 2 rings (SSSR count). The Morgan fingerprint density at radius 3 is 3.00 bits per heavy atom. The largest absolute Gasteiger partial charge is 0.476 e. The van der Waals surface area contributed by atoms with Gasteiger partial charge in [0.1, 0.15) is 5.01 Å². The molecule has 8 heteroatoms. The molecule has 1 aromatic rings. The van der Waals surface area contributed by atoms with Gasteiger partial charge in [-0.1, -0.05) is 0 Å². The number of nitrogens with zero attached hydrogens (tertiary/aromatic N) is 1. The van der Waals surface area contributed by atoms with Gasteiger partial charge in [-0.25, -0.2) is 9.78 Å². The van der Waals surface area contributed by atoms with Crippen LogP contribution in [0.4, 0.5) is 0 Å². The lowest BCUT2D eigenvalue weighted by Crippen LogP contribution is -2.49. The van der Waals surface area contributed by atoms with Crippen molar-refractivity contribution < 1.29 is 19.4 Å². The maximum absolute atomic E-state index is 12.1. The van der Waals surface area contributed by atoms with Crippen molar-refractivity contribution in [1.29, 1.82) is 0 Å². The quantitative estimate of drug-likeness (QED) is 0.707. The standard InChI is InChI=1S/C11H15N3O4S/c1-11(5-18-3-7(11)12)10(17)13-2-8-14-6(4-19-8)9(15)16/h4,7H,2-3,5,12H2,1H3,(H,13,17)(H,15,16). The molecular formula is C11H15N3O4S. The van der Waals surface area contributed by atoms with Crippen LogP contribution >= 0.6 is 11.3 Å². The van der Waals surface area contributed by atoms with E-state index in [0.717, 1.165) is 0 Å². The Balaban J connectivity index is 1.94. The molecule has 4 N–H and O–H groups in total. The summed E-state index contributed by atoms with van der Waals surface area (Å²) in [4.78, 5) is 26.7. The third-order valence-electron chi connectivity index (χ3n) is 3.21. The fraction of sp³-hybridized carbons (Fsp3) is 0.545. The Kier molecular flexibility index (Phi) is 3.83. The predicted octanol–water partition coefficient (Wildman–Crippen LogP) is -0.179. The minimum atomic E-state index is -1.08. The number of thiazole rings is 1. The topological polar surface area (TPSA) is 115 Å². The Hall–Kier alpha value is -1.51. The van der Waals surface area contributed by atoms with Gasteiger partial charge in [-0.2, -0.15) is 0 Å². The summed E-state index contributed by atoms with van der Waals surface area (Å²) in [7, 11) is 0. The Labute approximate surface area is 113 Å². The van der Waals surface area contributed by atoms with Gasteiger partial charge in [0.05, 0.1) is 25.2 Å². The molecule has 1 saturated heterocycles. The Morgan fingerprint density at radius 2 is 2.47 bits per heavy atom. The number of carbonyl (C=O) groups is 2. The molecule has 0 bridgehead atoms. The highest BCUT2D eigenvalue weighted by Gasteiger charge is 2.44. The van der Waals surface area contributed by atoms with Crippen molar-refractivity contribution in [2.75, 3.05) is 13.2 Å². The third kappa shape index (κ3) is 2.75. The first-order valence-electron chi connectivity index (χ1n) is 5.73. The summed E-state index contributed by atoms with van der Waals surface area (Å²) in [6, 6.07) is -0.335. The molecule has 7 nitrogen and oxygen atoms in total. The third-order valence-corrected chi connectivity index (χ3v) is 4.06. The highest BCUT2D eigenvalue weighted by molar-refractivity contribution is 7.09. The minimum Gasteiger partial charge on any atom is -0.476 e. The number of carboxylic acid groups (broad SMARTS) is 1. The molecule has 1 amide bonds. The molecule has 19 heavy (non-hydrogen) atoms. The minimum absolute atomic E-state index is 0.0126. The highest BCUT2D eigenvalue weighted by Crippen LogP contribution is 2.27. The second-order valence-electron chi connectivity index (χ2n) is 4.65. The van der Waals surface area contributed by atoms with Crippen LogP contribution in [0.2, 0.25) is 0 Å². The first-order chi connectivity index (χ1) is 8.93. The lowest BCUT2D eigenvalue weighted by Gasteiger charge is -2.25. The van der Waals surface area contributed by atoms with Crippen molar-refractivity contribution in [2.45, 2.75) is 19.5 Å². The number of rotatable bonds is 4. The number of hydrogen-bond acceptors (Lipinski definition) is 6. The van der Waals surface area contributed by atoms with Crippen LogP contribution in [-0.4, -0.2) is 41.2 Å². The number of aromatic nitrogens is 1. The summed E-state index contributed by atoms with van der Waals surface area (Å²) in [6.07, 6.45) is 0. The smallest absolute Gasteiger partial charge is 0.355 e. The number of ether oxygens (including phenoxy) is 1. The second-order valence-corrected chi connectivity index (χ2v) is 5.60. The fourth-order valence-corrected chi connectivity index (χ4v) is 2.48. The molecule has 2 unspecified atom stereocenters. The maximum atomic E-state index is 12.1. The summed E-state index contributed by atoms with van der Waals surface area (Å²) in [5, 5.41) is 13.5. The predicted molar refractivity (Wildman–Crippen MR) is 67.8 cm³/mol. The Bertz CT molecular complexity index is 504. The zero-order valence-electron chi connectivity index (χ0n) is 10.4. The van der Waals surface area contributed by atoms with Crippen molar-refractivity contribution in [3.8, 4) is 0 Å². The fourth-order valence-electron chi connectivity index (χ4n) is 1.77. The van der Waals surface area contributed by atoms with Crippen LogP contribution in [0, 0.1) is 5.41 Å². The van der Waals surface area contributed by atoms with Gasteiger partial charge in [-0.05, 0) is 6.92 Å². The zero-order valence-corrected chi connectivity index (χ0v) is 11.2. The van der Waals surface area contributed by atoms with Gasteiger partial charge in [0, 0.05) is 11.4 Å². The number of nitrogens with two attached hydrogens (primary N) is 1. The SMILES string of the molecule is CC1(C(=O)NCc2nc(C(=O)O)cs2)COCC1N. The normalized spacial score (nSPS) is 26.3. The van der Waals surface area contributed by atoms with Gasteiger partial charge in [-0.3, -0.25) is 4.79 Å². The monoisotopic (exact) mass is 285 g/mol. The average molecular weight is 285 g/mol. The summed E-state index contributed by atoms with van der Waals surface area (Å²) in [5.41, 5.74) is 5.09. The van der Waals surface area contributed by atoms with E-state index in [9.17, 15) is 9.59 Å². The maximum Gasteiger partial charge on any atom is 0.355 e. The lowest BCUT2D eigenvalue weighted by atomic mass is 9.85. The molecule has 0 aliphatic carbocycles. The van der Waals surface area contributed by atoms with Crippen LogP contribution in [-0.2, 0) is 16.1 Å². The van der Waals surface area contributed by atoms with E-state index in [-0.39, 0.29) is 30.8 Å². The molecule has 0 aromatic carbocycles. The summed E-state index contributed by atoms with van der Waals surface area (Å²) in [6.45, 7) is 2.60. The van der Waals surface area contributed by atoms with Crippen LogP contribution in [0.15, 0.2) is 5.38 Å². The first kappa shape index (κ1) is 13.9. The molecule has 104 valence electrons. The van der Waals surface area contributed by atoms with E-state index in [0.29, 0.717) is 11.6 Å². The van der Waals surface area contributed by atoms with E-state index in [1.807, 2.05) is 0 Å². The van der Waals surface area contributed by atoms with Crippen molar-refractivity contribution in [3.63, 3.8) is 0 Å². The van der Waals surface area contributed by atoms with Gasteiger partial charge in [0.25, 0.3) is 0 Å². The van der Waals surface area contributed by atoms with Crippen molar-refractivity contribution in [3.05, 3.63) is 16.1 Å². The van der Waals surface area contributed by atoms with E-state index >= 15 is 0 Å². The Morgan fingerprint density at radius 1 is 1.74 bits per heavy atom. The van der Waals surface area contributed by atoms with E-state index in [4.69, 9.17) is 15.6 Å². The molecule has 2 heterocycles. The van der Waals surface area contributed by atoms with Crippen LogP contribution in [0.1, 0.15) is 22.4 Å². The first-order valence-corrected chi connectivity index (χ1v) is 6.61. The summed E-state index contributed by atoms with van der Waals surface area (Å²) >= 11 is 1.19. The number of amides is 1. The van der Waals surface area contributed by atoms with Crippen LogP contribution in [0.25, 0.3) is 0 Å². The highest BCUT2D eigenvalue weighted by atomic mass is 32.1. The number of hydrogen-bond donors (Lipinski definition) is 3. The van der Waals surface area contributed by atoms with Crippen molar-refractivity contribution in [2.24, 2.45) is 11.1 Å². The van der Waals surface area contributed by atoms with Crippen molar-refractivity contribution in [1.82, 2.24) is 10.3 Å². The molecule has 0 saturated carbocycles. The number of carboxylic acids is 1. The lowest BCUT2D eigenvalue weighted by molar-refractivity contribution is -0.130. The van der Waals surface area contributed by atoms with Gasteiger partial charge in [0.2, 0.25) is 5.91 Å². The van der Waals surface area contributed by atoms with Crippen LogP contribution in [0.3, 0.4) is 0 Å². The number of aromatic carboxylic acids is 1. The van der Waals surface area contributed by atoms with E-state index in [2.05, 4.69) is 10.3 Å². The molecule has 1 aliphatic rings. The summed E-state index contributed by atoms with van der Waals surface area (Å²) < 4.78 is 5.20. The molecule has 0 radical (unpaired) electrons. The zero-order chi connectivity index (χ0) is 14.0. The van der Waals surface area contributed by atoms with Crippen LogP contribution < -0.4 is 11.1 Å². The van der Waals surface area contributed by atoms with Gasteiger partial charge < -0.3 is 20.9 Å². The van der Waals surface area contributed by atoms with Gasteiger partial charge in [0.15, 0.2) is 5.69 Å². The number of nitrogens with one attached hydrogen (secondary N) is 1. The molecule has 1 aliphatic heterocycles. The second kappa shape index (κ2) is 5.24. The molecule has 2 atom stereocenters. The number of carbonyl (C=O) groups excluding carboxylic acids is 1. The molecule has 1 aromatic heterocycles. The average Bonchev–Trinajstić information content (AvgIpc) is 2.95. The summed E-state index contributed by atoms with van der Waals surface area (Å²) in [5.74, 6) is -1.28. The molecule has 0 spiro atoms. The van der Waals surface area contributed by atoms with E-state index < -0.39 is 11.4 Å². The molecule has 1 fully saturated rings. The van der Waals surface area contributed by atoms with Gasteiger partial charge in [-0.15, -0.1) is 11.3 Å². The van der Waals surface area contributed by atoms with Crippen LogP contribution in [0.5, 0.6) is 0 Å².